The Bertz CT molecular complexity index is 684. The zero-order chi connectivity index (χ0) is 18.1. The molecule has 4 rings (SSSR count). The zero-order valence-electron chi connectivity index (χ0n) is 15.5. The highest BCUT2D eigenvalue weighted by molar-refractivity contribution is 5.96. The van der Waals surface area contributed by atoms with Crippen molar-refractivity contribution in [2.75, 3.05) is 38.0 Å². The molecule has 2 fully saturated rings. The lowest BCUT2D eigenvalue weighted by molar-refractivity contribution is -0.122. The molecule has 6 heteroatoms. The number of benzene rings is 1. The number of likely N-dealkylation sites (tertiary alicyclic amines) is 1. The van der Waals surface area contributed by atoms with Crippen molar-refractivity contribution in [3.05, 3.63) is 29.8 Å². The summed E-state index contributed by atoms with van der Waals surface area (Å²) in [7, 11) is 0. The highest BCUT2D eigenvalue weighted by atomic mass is 16.2. The molecule has 1 N–H and O–H groups in total. The molecule has 0 aromatic heterocycles. The summed E-state index contributed by atoms with van der Waals surface area (Å²) < 4.78 is 0. The molecule has 2 saturated heterocycles. The molecule has 0 saturated carbocycles. The highest BCUT2D eigenvalue weighted by Crippen LogP contribution is 2.27. The van der Waals surface area contributed by atoms with Crippen molar-refractivity contribution in [3.8, 4) is 0 Å². The van der Waals surface area contributed by atoms with Gasteiger partial charge < -0.3 is 15.1 Å². The van der Waals surface area contributed by atoms with Crippen LogP contribution in [0.2, 0.25) is 0 Å². The number of hydrogen-bond donors (Lipinski definition) is 1. The van der Waals surface area contributed by atoms with E-state index in [0.29, 0.717) is 6.04 Å². The quantitative estimate of drug-likeness (QED) is 0.903. The topological polar surface area (TPSA) is 55.9 Å². The van der Waals surface area contributed by atoms with Gasteiger partial charge in [-0.25, -0.2) is 4.79 Å². The maximum atomic E-state index is 12.7. The van der Waals surface area contributed by atoms with Crippen molar-refractivity contribution in [1.29, 1.82) is 0 Å². The molecule has 3 aliphatic rings. The van der Waals surface area contributed by atoms with Crippen LogP contribution in [0.1, 0.15) is 31.7 Å². The van der Waals surface area contributed by atoms with Gasteiger partial charge in [0.25, 0.3) is 0 Å². The minimum atomic E-state index is -0.0650. The summed E-state index contributed by atoms with van der Waals surface area (Å²) in [6.07, 6.45) is 3.70. The van der Waals surface area contributed by atoms with E-state index in [1.54, 1.807) is 0 Å². The molecule has 3 heterocycles. The molecular formula is C20H28N4O2. The van der Waals surface area contributed by atoms with E-state index >= 15 is 0 Å². The van der Waals surface area contributed by atoms with E-state index in [9.17, 15) is 9.59 Å². The van der Waals surface area contributed by atoms with E-state index in [2.05, 4.69) is 16.3 Å². The number of piperidine rings is 1. The largest absolute Gasteiger partial charge is 0.324 e. The van der Waals surface area contributed by atoms with Crippen molar-refractivity contribution >= 4 is 17.6 Å². The molecule has 0 bridgehead atoms. The minimum absolute atomic E-state index is 0.0650. The van der Waals surface area contributed by atoms with Crippen LogP contribution in [0.5, 0.6) is 0 Å². The van der Waals surface area contributed by atoms with Gasteiger partial charge in [0.1, 0.15) is 0 Å². The third kappa shape index (κ3) is 3.18. The monoisotopic (exact) mass is 356 g/mol. The van der Waals surface area contributed by atoms with Gasteiger partial charge >= 0.3 is 6.03 Å². The smallest absolute Gasteiger partial charge is 0.320 e. The number of nitrogens with zero attached hydrogens (tertiary/aromatic N) is 3. The molecule has 0 spiro atoms. The number of carbonyl (C=O) groups excluding carboxylic acids is 2. The molecule has 1 unspecified atom stereocenters. The summed E-state index contributed by atoms with van der Waals surface area (Å²) in [5.41, 5.74) is 2.18. The fourth-order valence-corrected chi connectivity index (χ4v) is 4.59. The Kier molecular flexibility index (Phi) is 4.85. The Morgan fingerprint density at radius 3 is 2.54 bits per heavy atom. The molecule has 3 amide bonds. The van der Waals surface area contributed by atoms with Gasteiger partial charge in [0.05, 0.1) is 6.04 Å². The first-order chi connectivity index (χ1) is 12.7. The second-order valence-corrected chi connectivity index (χ2v) is 7.52. The van der Waals surface area contributed by atoms with Gasteiger partial charge in [0.2, 0.25) is 5.91 Å². The first-order valence-electron chi connectivity index (χ1n) is 9.85. The minimum Gasteiger partial charge on any atom is -0.324 e. The number of carbonyl (C=O) groups is 2. The lowest BCUT2D eigenvalue weighted by Gasteiger charge is -2.39. The van der Waals surface area contributed by atoms with Crippen LogP contribution in [0, 0.1) is 0 Å². The molecule has 6 nitrogen and oxygen atoms in total. The van der Waals surface area contributed by atoms with E-state index in [1.807, 2.05) is 34.9 Å². The van der Waals surface area contributed by atoms with E-state index in [1.165, 1.54) is 5.56 Å². The van der Waals surface area contributed by atoms with Crippen LogP contribution in [0.15, 0.2) is 24.3 Å². The molecule has 26 heavy (non-hydrogen) atoms. The average Bonchev–Trinajstić information content (AvgIpc) is 2.95. The first-order valence-corrected chi connectivity index (χ1v) is 9.85. The second kappa shape index (κ2) is 7.27. The normalized spacial score (nSPS) is 25.2. The number of amides is 3. The Morgan fingerprint density at radius 2 is 1.81 bits per heavy atom. The summed E-state index contributed by atoms with van der Waals surface area (Å²) in [6, 6.07) is 8.53. The summed E-state index contributed by atoms with van der Waals surface area (Å²) in [5.74, 6) is 0.114. The van der Waals surface area contributed by atoms with Gasteiger partial charge in [-0.2, -0.15) is 0 Å². The highest BCUT2D eigenvalue weighted by Gasteiger charge is 2.37. The molecule has 0 radical (unpaired) electrons. The van der Waals surface area contributed by atoms with Gasteiger partial charge in [-0.3, -0.25) is 9.69 Å². The number of likely N-dealkylation sites (N-methyl/N-ethyl adjacent to an activating group) is 1. The van der Waals surface area contributed by atoms with E-state index in [-0.39, 0.29) is 18.0 Å². The van der Waals surface area contributed by atoms with Crippen LogP contribution >= 0.6 is 0 Å². The zero-order valence-corrected chi connectivity index (χ0v) is 15.5. The fourth-order valence-electron chi connectivity index (χ4n) is 4.59. The summed E-state index contributed by atoms with van der Waals surface area (Å²) in [4.78, 5) is 31.4. The number of urea groups is 1. The van der Waals surface area contributed by atoms with Crippen molar-refractivity contribution in [3.63, 3.8) is 0 Å². The number of anilines is 1. The number of rotatable bonds is 3. The maximum Gasteiger partial charge on any atom is 0.320 e. The SMILES string of the molecule is CCN1CCN(C2CCN(C3CCc4ccccc4NC3=O)CC2)C1=O. The van der Waals surface area contributed by atoms with Crippen LogP contribution in [-0.2, 0) is 11.2 Å². The van der Waals surface area contributed by atoms with Crippen molar-refractivity contribution in [2.24, 2.45) is 0 Å². The van der Waals surface area contributed by atoms with Crippen LogP contribution in [0.25, 0.3) is 0 Å². The van der Waals surface area contributed by atoms with Gasteiger partial charge in [0.15, 0.2) is 0 Å². The molecule has 0 aliphatic carbocycles. The van der Waals surface area contributed by atoms with Crippen molar-refractivity contribution in [1.82, 2.24) is 14.7 Å². The number of hydrogen-bond acceptors (Lipinski definition) is 3. The maximum absolute atomic E-state index is 12.7. The van der Waals surface area contributed by atoms with Crippen LogP contribution in [0.3, 0.4) is 0 Å². The lowest BCUT2D eigenvalue weighted by Crippen LogP contribution is -2.52. The predicted molar refractivity (Wildman–Crippen MR) is 101 cm³/mol. The fraction of sp³-hybridized carbons (Fsp3) is 0.600. The number of aryl methyl sites for hydroxylation is 1. The Hall–Kier alpha value is -2.08. The molecule has 1 aromatic carbocycles. The van der Waals surface area contributed by atoms with Gasteiger partial charge in [-0.05, 0) is 44.2 Å². The van der Waals surface area contributed by atoms with Crippen molar-refractivity contribution in [2.45, 2.75) is 44.7 Å². The van der Waals surface area contributed by atoms with Crippen molar-refractivity contribution < 1.29 is 9.59 Å². The van der Waals surface area contributed by atoms with Gasteiger partial charge in [0, 0.05) is 44.5 Å². The molecule has 1 aromatic rings. The third-order valence-electron chi connectivity index (χ3n) is 6.15. The number of nitrogens with one attached hydrogen (secondary N) is 1. The third-order valence-corrected chi connectivity index (χ3v) is 6.15. The number of para-hydroxylation sites is 1. The standard InChI is InChI=1S/C20H28N4O2/c1-2-22-13-14-24(20(22)26)16-9-11-23(12-10-16)18-8-7-15-5-3-4-6-17(15)21-19(18)25/h3-6,16,18H,2,7-14H2,1H3,(H,21,25). The first kappa shape index (κ1) is 17.3. The molecule has 140 valence electrons. The summed E-state index contributed by atoms with van der Waals surface area (Å²) in [6.45, 7) is 6.28. The van der Waals surface area contributed by atoms with E-state index in [0.717, 1.165) is 64.1 Å². The van der Waals surface area contributed by atoms with E-state index in [4.69, 9.17) is 0 Å². The van der Waals surface area contributed by atoms with Crippen LogP contribution in [-0.4, -0.2) is 71.4 Å². The predicted octanol–water partition coefficient (Wildman–Crippen LogP) is 2.16. The summed E-state index contributed by atoms with van der Waals surface area (Å²) in [5, 5.41) is 3.10. The Balaban J connectivity index is 1.36. The Labute approximate surface area is 155 Å². The van der Waals surface area contributed by atoms with Crippen LogP contribution in [0.4, 0.5) is 10.5 Å². The van der Waals surface area contributed by atoms with Gasteiger partial charge in [-0.1, -0.05) is 18.2 Å². The van der Waals surface area contributed by atoms with Crippen LogP contribution < -0.4 is 5.32 Å². The molecule has 3 aliphatic heterocycles. The number of fused-ring (bicyclic) bond motifs is 1. The average molecular weight is 356 g/mol. The van der Waals surface area contributed by atoms with E-state index < -0.39 is 0 Å². The second-order valence-electron chi connectivity index (χ2n) is 7.52. The molecule has 1 atom stereocenters. The van der Waals surface area contributed by atoms with Gasteiger partial charge in [-0.15, -0.1) is 0 Å². The summed E-state index contributed by atoms with van der Waals surface area (Å²) >= 11 is 0. The lowest BCUT2D eigenvalue weighted by atomic mass is 9.99. The Morgan fingerprint density at radius 1 is 1.04 bits per heavy atom. The molecular weight excluding hydrogens is 328 g/mol.